The quantitative estimate of drug-likeness (QED) is 0.805. The first-order chi connectivity index (χ1) is 9.70. The van der Waals surface area contributed by atoms with Crippen molar-refractivity contribution >= 4 is 17.7 Å². The van der Waals surface area contributed by atoms with Gasteiger partial charge in [-0.05, 0) is 29.9 Å². The van der Waals surface area contributed by atoms with Gasteiger partial charge in [-0.3, -0.25) is 0 Å². The average Bonchev–Trinajstić information content (AvgIpc) is 2.40. The highest BCUT2D eigenvalue weighted by Gasteiger charge is 2.40. The van der Waals surface area contributed by atoms with E-state index < -0.39 is 11.9 Å². The molecule has 7 heteroatoms. The number of amides is 1. The molecule has 0 spiro atoms. The lowest BCUT2D eigenvalue weighted by atomic mass is 9.76. The van der Waals surface area contributed by atoms with Crippen molar-refractivity contribution < 1.29 is 14.3 Å². The first kappa shape index (κ1) is 15.9. The largest absolute Gasteiger partial charge is 0.465 e. The number of carboxylic acid groups (broad SMARTS) is 1. The minimum absolute atomic E-state index is 0.0133. The Morgan fingerprint density at radius 2 is 2.19 bits per heavy atom. The highest BCUT2D eigenvalue weighted by molar-refractivity contribution is 6.28. The van der Waals surface area contributed by atoms with Crippen LogP contribution in [-0.2, 0) is 0 Å². The van der Waals surface area contributed by atoms with Gasteiger partial charge in [0.1, 0.15) is 0 Å². The molecule has 5 nitrogen and oxygen atoms in total. The van der Waals surface area contributed by atoms with E-state index in [-0.39, 0.29) is 28.4 Å². The molecule has 0 saturated carbocycles. The Hall–Kier alpha value is -1.43. The van der Waals surface area contributed by atoms with Crippen LogP contribution in [0.3, 0.4) is 0 Å². The topological polar surface area (TPSA) is 66.3 Å². The van der Waals surface area contributed by atoms with Crippen LogP contribution in [0.5, 0.6) is 0 Å². The molecule has 1 aliphatic rings. The molecule has 1 aromatic rings. The molecule has 2 heterocycles. The van der Waals surface area contributed by atoms with Crippen molar-refractivity contribution in [2.24, 2.45) is 5.41 Å². The SMILES string of the molecule is CC(C)(C)[C@H]1C[C@H](c2nc(Cl)ncc2F)CCN1C(=O)O. The summed E-state index contributed by atoms with van der Waals surface area (Å²) in [5.74, 6) is -0.633. The van der Waals surface area contributed by atoms with Crippen LogP contribution >= 0.6 is 11.6 Å². The molecule has 1 amide bonds. The molecule has 21 heavy (non-hydrogen) atoms. The second-order valence-electron chi connectivity index (χ2n) is 6.45. The van der Waals surface area contributed by atoms with E-state index in [4.69, 9.17) is 11.6 Å². The summed E-state index contributed by atoms with van der Waals surface area (Å²) in [7, 11) is 0. The molecule has 1 N–H and O–H groups in total. The van der Waals surface area contributed by atoms with Gasteiger partial charge in [-0.2, -0.15) is 0 Å². The van der Waals surface area contributed by atoms with Crippen LogP contribution in [0.2, 0.25) is 5.28 Å². The summed E-state index contributed by atoms with van der Waals surface area (Å²) in [6.45, 7) is 6.32. The van der Waals surface area contributed by atoms with Crippen LogP contribution in [0.1, 0.15) is 45.2 Å². The van der Waals surface area contributed by atoms with Crippen molar-refractivity contribution in [1.82, 2.24) is 14.9 Å². The molecule has 0 aromatic carbocycles. The number of carbonyl (C=O) groups is 1. The number of hydrogen-bond donors (Lipinski definition) is 1. The van der Waals surface area contributed by atoms with Gasteiger partial charge in [-0.1, -0.05) is 20.8 Å². The minimum atomic E-state index is -0.936. The third-order valence-electron chi connectivity index (χ3n) is 3.98. The second-order valence-corrected chi connectivity index (χ2v) is 6.79. The molecular weight excluding hydrogens is 297 g/mol. The van der Waals surface area contributed by atoms with Crippen molar-refractivity contribution in [1.29, 1.82) is 0 Å². The number of rotatable bonds is 1. The standard InChI is InChI=1S/C14H19ClFN3O2/c1-14(2,3)10-6-8(4-5-19(10)13(20)21)11-9(16)7-17-12(15)18-11/h7-8,10H,4-6H2,1-3H3,(H,20,21)/t8-,10-/m1/s1. The third kappa shape index (κ3) is 3.43. The number of hydrogen-bond acceptors (Lipinski definition) is 3. The van der Waals surface area contributed by atoms with Gasteiger partial charge in [0.15, 0.2) is 5.82 Å². The summed E-state index contributed by atoms with van der Waals surface area (Å²) < 4.78 is 13.9. The van der Waals surface area contributed by atoms with Gasteiger partial charge in [-0.15, -0.1) is 0 Å². The third-order valence-corrected chi connectivity index (χ3v) is 4.16. The van der Waals surface area contributed by atoms with Crippen LogP contribution in [-0.4, -0.2) is 38.7 Å². The summed E-state index contributed by atoms with van der Waals surface area (Å²) in [4.78, 5) is 20.4. The molecule has 0 radical (unpaired) electrons. The van der Waals surface area contributed by atoms with Gasteiger partial charge >= 0.3 is 6.09 Å². The van der Waals surface area contributed by atoms with Crippen LogP contribution < -0.4 is 0 Å². The van der Waals surface area contributed by atoms with Crippen LogP contribution in [0, 0.1) is 11.2 Å². The Labute approximate surface area is 128 Å². The molecule has 1 fully saturated rings. The van der Waals surface area contributed by atoms with Crippen molar-refractivity contribution in [3.63, 3.8) is 0 Å². The van der Waals surface area contributed by atoms with Gasteiger partial charge < -0.3 is 10.0 Å². The Morgan fingerprint density at radius 1 is 1.52 bits per heavy atom. The highest BCUT2D eigenvalue weighted by atomic mass is 35.5. The highest BCUT2D eigenvalue weighted by Crippen LogP contribution is 2.39. The first-order valence-corrected chi connectivity index (χ1v) is 7.25. The molecule has 1 saturated heterocycles. The molecule has 2 rings (SSSR count). The number of nitrogens with zero attached hydrogens (tertiary/aromatic N) is 3. The maximum absolute atomic E-state index is 13.9. The Kier molecular flexibility index (Phi) is 4.37. The number of aromatic nitrogens is 2. The van der Waals surface area contributed by atoms with Crippen molar-refractivity contribution in [3.05, 3.63) is 23.0 Å². The summed E-state index contributed by atoms with van der Waals surface area (Å²) >= 11 is 5.75. The smallest absolute Gasteiger partial charge is 0.407 e. The van der Waals surface area contributed by atoms with E-state index in [1.165, 1.54) is 4.90 Å². The van der Waals surface area contributed by atoms with Gasteiger partial charge in [0.05, 0.1) is 11.9 Å². The first-order valence-electron chi connectivity index (χ1n) is 6.87. The minimum Gasteiger partial charge on any atom is -0.465 e. The van der Waals surface area contributed by atoms with Crippen molar-refractivity contribution in [3.8, 4) is 0 Å². The van der Waals surface area contributed by atoms with E-state index in [1.807, 2.05) is 20.8 Å². The van der Waals surface area contributed by atoms with Crippen molar-refractivity contribution in [2.45, 2.75) is 45.6 Å². The predicted molar refractivity (Wildman–Crippen MR) is 76.9 cm³/mol. The zero-order valence-corrected chi connectivity index (χ0v) is 13.1. The van der Waals surface area contributed by atoms with Crippen LogP contribution in [0.25, 0.3) is 0 Å². The molecule has 2 atom stereocenters. The molecule has 1 aromatic heterocycles. The molecular formula is C14H19ClFN3O2. The summed E-state index contributed by atoms with van der Waals surface area (Å²) in [6, 6.07) is -0.193. The fraction of sp³-hybridized carbons (Fsp3) is 0.643. The van der Waals surface area contributed by atoms with E-state index in [9.17, 15) is 14.3 Å². The van der Waals surface area contributed by atoms with Gasteiger partial charge in [0, 0.05) is 18.5 Å². The van der Waals surface area contributed by atoms with Crippen LogP contribution in [0.4, 0.5) is 9.18 Å². The van der Waals surface area contributed by atoms with Crippen LogP contribution in [0.15, 0.2) is 6.20 Å². The molecule has 0 aliphatic carbocycles. The molecule has 0 unspecified atom stereocenters. The second kappa shape index (κ2) is 5.75. The lowest BCUT2D eigenvalue weighted by Crippen LogP contribution is -2.51. The summed E-state index contributed by atoms with van der Waals surface area (Å²) in [5.41, 5.74) is 0.0546. The van der Waals surface area contributed by atoms with E-state index in [0.29, 0.717) is 19.4 Å². The van der Waals surface area contributed by atoms with E-state index in [1.54, 1.807) is 0 Å². The Morgan fingerprint density at radius 3 is 2.76 bits per heavy atom. The number of piperidine rings is 1. The molecule has 1 aliphatic heterocycles. The Bertz CT molecular complexity index is 548. The van der Waals surface area contributed by atoms with E-state index in [0.717, 1.165) is 6.20 Å². The van der Waals surface area contributed by atoms with E-state index >= 15 is 0 Å². The lowest BCUT2D eigenvalue weighted by Gasteiger charge is -2.44. The fourth-order valence-corrected chi connectivity index (χ4v) is 3.05. The summed E-state index contributed by atoms with van der Waals surface area (Å²) in [6.07, 6.45) is 1.19. The van der Waals surface area contributed by atoms with Gasteiger partial charge in [0.2, 0.25) is 5.28 Å². The average molecular weight is 316 g/mol. The monoisotopic (exact) mass is 315 g/mol. The van der Waals surface area contributed by atoms with E-state index in [2.05, 4.69) is 9.97 Å². The lowest BCUT2D eigenvalue weighted by molar-refractivity contribution is 0.0516. The predicted octanol–water partition coefficient (Wildman–Crippen LogP) is 3.54. The molecule has 116 valence electrons. The Balaban J connectivity index is 2.29. The molecule has 0 bridgehead atoms. The maximum Gasteiger partial charge on any atom is 0.407 e. The summed E-state index contributed by atoms with van der Waals surface area (Å²) in [5, 5.41) is 9.35. The number of likely N-dealkylation sites (tertiary alicyclic amines) is 1. The fourth-order valence-electron chi connectivity index (χ4n) is 2.91. The normalized spacial score (nSPS) is 23.2. The van der Waals surface area contributed by atoms with Gasteiger partial charge in [-0.25, -0.2) is 19.2 Å². The zero-order valence-electron chi connectivity index (χ0n) is 12.3. The van der Waals surface area contributed by atoms with Gasteiger partial charge in [0.25, 0.3) is 0 Å². The number of halogens is 2. The van der Waals surface area contributed by atoms with Crippen molar-refractivity contribution in [2.75, 3.05) is 6.54 Å². The zero-order chi connectivity index (χ0) is 15.8. The maximum atomic E-state index is 13.9.